The number of aryl methyl sites for hydroxylation is 1. The van der Waals surface area contributed by atoms with Crippen LogP contribution in [0, 0.1) is 18.8 Å². The van der Waals surface area contributed by atoms with Gasteiger partial charge >= 0.3 is 11.7 Å². The number of likely N-dealkylation sites (N-methyl/N-ethyl adjacent to an activating group) is 2. The van der Waals surface area contributed by atoms with E-state index in [9.17, 15) is 19.2 Å². The number of carbonyl (C=O) groups excluding carboxylic acids is 2. The molecule has 1 saturated heterocycles. The van der Waals surface area contributed by atoms with Gasteiger partial charge in [0.1, 0.15) is 11.7 Å². The number of hydrogen-bond acceptors (Lipinski definition) is 5. The van der Waals surface area contributed by atoms with Crippen LogP contribution in [0.25, 0.3) is 11.0 Å². The van der Waals surface area contributed by atoms with Gasteiger partial charge in [-0.15, -0.1) is 0 Å². The molecule has 37 heavy (non-hydrogen) atoms. The number of aromatic nitrogens is 3. The maximum Gasteiger partial charge on any atom is 0.332 e. The number of amides is 3. The fourth-order valence-corrected chi connectivity index (χ4v) is 6.45. The Kier molecular flexibility index (Phi) is 8.19. The van der Waals surface area contributed by atoms with Gasteiger partial charge in [0.25, 0.3) is 11.5 Å². The first-order chi connectivity index (χ1) is 17.8. The first-order valence-electron chi connectivity index (χ1n) is 13.9. The van der Waals surface area contributed by atoms with E-state index >= 15 is 0 Å². The second-order valence-electron chi connectivity index (χ2n) is 10.8. The van der Waals surface area contributed by atoms with Crippen LogP contribution >= 0.6 is 0 Å². The molecular weight excluding hydrogens is 470 g/mol. The highest BCUT2D eigenvalue weighted by atomic mass is 16.2. The van der Waals surface area contributed by atoms with E-state index in [1.54, 1.807) is 17.8 Å². The predicted molar refractivity (Wildman–Crippen MR) is 144 cm³/mol. The van der Waals surface area contributed by atoms with Crippen molar-refractivity contribution >= 4 is 23.0 Å². The fourth-order valence-electron chi connectivity index (χ4n) is 6.45. The standard InChI is InChI=1S/C26H35N5O4.C2H6/c1-16-12-13-27-22-21(16)24(33)31(26(35)30(22)15-18-6-4-5-7-18)19-10-8-17(9-11-19)14-20-23(32)29(3)25(34)28(20)2;1-2/h12-13,17-20H,4-11,14-15H2,1-3H3;1-2H3. The first kappa shape index (κ1) is 27.1. The van der Waals surface area contributed by atoms with E-state index in [0.29, 0.717) is 42.8 Å². The third-order valence-electron chi connectivity index (χ3n) is 8.59. The summed E-state index contributed by atoms with van der Waals surface area (Å²) in [7, 11) is 3.20. The second kappa shape index (κ2) is 11.2. The summed E-state index contributed by atoms with van der Waals surface area (Å²) in [5.41, 5.74) is 0.876. The molecule has 2 aromatic heterocycles. The van der Waals surface area contributed by atoms with E-state index in [1.165, 1.54) is 34.3 Å². The van der Waals surface area contributed by atoms with Crippen LogP contribution in [0.5, 0.6) is 0 Å². The number of rotatable bonds is 5. The molecule has 0 N–H and O–H groups in total. The molecule has 1 atom stereocenters. The van der Waals surface area contributed by atoms with Gasteiger partial charge < -0.3 is 4.90 Å². The average Bonchev–Trinajstić information content (AvgIpc) is 3.48. The van der Waals surface area contributed by atoms with Crippen LogP contribution in [0.3, 0.4) is 0 Å². The van der Waals surface area contributed by atoms with E-state index in [-0.39, 0.29) is 35.1 Å². The van der Waals surface area contributed by atoms with Gasteiger partial charge in [-0.25, -0.2) is 14.6 Å². The van der Waals surface area contributed by atoms with Crippen molar-refractivity contribution in [3.8, 4) is 0 Å². The predicted octanol–water partition coefficient (Wildman–Crippen LogP) is 4.10. The number of imide groups is 1. The summed E-state index contributed by atoms with van der Waals surface area (Å²) >= 11 is 0. The van der Waals surface area contributed by atoms with E-state index in [2.05, 4.69) is 4.98 Å². The van der Waals surface area contributed by atoms with Crippen molar-refractivity contribution in [2.24, 2.45) is 11.8 Å². The van der Waals surface area contributed by atoms with Crippen molar-refractivity contribution in [2.75, 3.05) is 14.1 Å². The molecule has 9 nitrogen and oxygen atoms in total. The highest BCUT2D eigenvalue weighted by Gasteiger charge is 2.42. The zero-order valence-corrected chi connectivity index (χ0v) is 22.9. The third kappa shape index (κ3) is 4.97. The molecule has 3 amide bonds. The number of pyridine rings is 1. The van der Waals surface area contributed by atoms with Crippen molar-refractivity contribution in [1.82, 2.24) is 23.9 Å². The molecule has 2 aromatic rings. The Balaban J connectivity index is 0.00000156. The van der Waals surface area contributed by atoms with Crippen molar-refractivity contribution in [3.05, 3.63) is 38.7 Å². The zero-order chi connectivity index (χ0) is 26.9. The summed E-state index contributed by atoms with van der Waals surface area (Å²) < 4.78 is 3.24. The minimum absolute atomic E-state index is 0.150. The molecule has 3 fully saturated rings. The molecule has 0 bridgehead atoms. The summed E-state index contributed by atoms with van der Waals surface area (Å²) in [5.74, 6) is 0.576. The van der Waals surface area contributed by atoms with Crippen LogP contribution in [-0.4, -0.2) is 56.0 Å². The smallest absolute Gasteiger partial charge is 0.315 e. The maximum absolute atomic E-state index is 13.7. The molecule has 0 spiro atoms. The SMILES string of the molecule is CC.Cc1ccnc2c1c(=O)n(C1CCC(CC3C(=O)N(C)C(=O)N3C)CC1)c(=O)n2CC1CCCC1. The molecule has 0 radical (unpaired) electrons. The largest absolute Gasteiger partial charge is 0.332 e. The van der Waals surface area contributed by atoms with Crippen LogP contribution in [-0.2, 0) is 11.3 Å². The lowest BCUT2D eigenvalue weighted by molar-refractivity contribution is -0.127. The molecular formula is C28H41N5O4. The second-order valence-corrected chi connectivity index (χ2v) is 10.8. The quantitative estimate of drug-likeness (QED) is 0.563. The van der Waals surface area contributed by atoms with Gasteiger partial charge in [0.2, 0.25) is 0 Å². The minimum Gasteiger partial charge on any atom is -0.315 e. The number of hydrogen-bond donors (Lipinski definition) is 0. The molecule has 3 heterocycles. The van der Waals surface area contributed by atoms with Crippen molar-refractivity contribution < 1.29 is 9.59 Å². The molecule has 2 aliphatic carbocycles. The van der Waals surface area contributed by atoms with Gasteiger partial charge in [0.05, 0.1) is 5.39 Å². The Labute approximate surface area is 218 Å². The Morgan fingerprint density at radius 2 is 1.57 bits per heavy atom. The normalized spacial score (nSPS) is 24.6. The average molecular weight is 512 g/mol. The van der Waals surface area contributed by atoms with Crippen molar-refractivity contribution in [2.45, 2.75) is 97.2 Å². The topological polar surface area (TPSA) is 97.5 Å². The Bertz CT molecular complexity index is 1270. The maximum atomic E-state index is 13.7. The van der Waals surface area contributed by atoms with Crippen LogP contribution in [0.4, 0.5) is 4.79 Å². The highest BCUT2D eigenvalue weighted by Crippen LogP contribution is 2.35. The Morgan fingerprint density at radius 1 is 0.919 bits per heavy atom. The first-order valence-corrected chi connectivity index (χ1v) is 13.9. The number of carbonyl (C=O) groups is 2. The van der Waals surface area contributed by atoms with Gasteiger partial charge in [-0.1, -0.05) is 26.7 Å². The van der Waals surface area contributed by atoms with Gasteiger partial charge in [0.15, 0.2) is 0 Å². The Morgan fingerprint density at radius 3 is 2.16 bits per heavy atom. The molecule has 2 saturated carbocycles. The highest BCUT2D eigenvalue weighted by molar-refractivity contribution is 6.03. The summed E-state index contributed by atoms with van der Waals surface area (Å²) in [6.45, 7) is 6.52. The van der Waals surface area contributed by atoms with Crippen LogP contribution in [0.15, 0.2) is 21.9 Å². The summed E-state index contributed by atoms with van der Waals surface area (Å²) in [6.07, 6.45) is 9.95. The van der Waals surface area contributed by atoms with E-state index in [4.69, 9.17) is 0 Å². The van der Waals surface area contributed by atoms with Gasteiger partial charge in [-0.05, 0) is 75.3 Å². The summed E-state index contributed by atoms with van der Waals surface area (Å²) in [6, 6.07) is 0.993. The van der Waals surface area contributed by atoms with E-state index in [1.807, 2.05) is 26.8 Å². The summed E-state index contributed by atoms with van der Waals surface area (Å²) in [5, 5.41) is 0.548. The Hall–Kier alpha value is -2.97. The van der Waals surface area contributed by atoms with Crippen molar-refractivity contribution in [1.29, 1.82) is 0 Å². The fraction of sp³-hybridized carbons (Fsp3) is 0.679. The monoisotopic (exact) mass is 511 g/mol. The summed E-state index contributed by atoms with van der Waals surface area (Å²) in [4.78, 5) is 59.1. The van der Waals surface area contributed by atoms with Gasteiger partial charge in [-0.2, -0.15) is 0 Å². The molecule has 202 valence electrons. The van der Waals surface area contributed by atoms with E-state index < -0.39 is 6.04 Å². The van der Waals surface area contributed by atoms with E-state index in [0.717, 1.165) is 31.2 Å². The van der Waals surface area contributed by atoms with Crippen LogP contribution < -0.4 is 11.2 Å². The molecule has 3 aliphatic rings. The van der Waals surface area contributed by atoms with Crippen LogP contribution in [0.1, 0.15) is 83.2 Å². The molecule has 0 aromatic carbocycles. The number of fused-ring (bicyclic) bond motifs is 1. The third-order valence-corrected chi connectivity index (χ3v) is 8.59. The van der Waals surface area contributed by atoms with Gasteiger partial charge in [-0.3, -0.25) is 23.6 Å². The molecule has 1 aliphatic heterocycles. The molecule has 1 unspecified atom stereocenters. The van der Waals surface area contributed by atoms with Crippen LogP contribution in [0.2, 0.25) is 0 Å². The minimum atomic E-state index is -0.421. The number of nitrogens with zero attached hydrogens (tertiary/aromatic N) is 5. The zero-order valence-electron chi connectivity index (χ0n) is 22.9. The molecule has 5 rings (SSSR count). The lowest BCUT2D eigenvalue weighted by Gasteiger charge is -2.31. The number of urea groups is 1. The van der Waals surface area contributed by atoms with Crippen molar-refractivity contribution in [3.63, 3.8) is 0 Å². The van der Waals surface area contributed by atoms with Gasteiger partial charge in [0, 0.05) is 32.9 Å². The molecule has 9 heteroatoms. The lowest BCUT2D eigenvalue weighted by atomic mass is 9.82. The lowest BCUT2D eigenvalue weighted by Crippen LogP contribution is -2.44.